The molecular weight excluding hydrogens is 344 g/mol. The largest absolute Gasteiger partial charge is 0.249 e. The highest BCUT2D eigenvalue weighted by atomic mass is 14.8. The predicted octanol–water partition coefficient (Wildman–Crippen LogP) is 5.14. The number of allylic oxidation sites excluding steroid dienone is 12. The first kappa shape index (κ1) is 16.8. The fourth-order valence-electron chi connectivity index (χ4n) is 3.52. The van der Waals surface area contributed by atoms with Crippen LogP contribution in [0.5, 0.6) is 0 Å². The molecule has 5 heterocycles. The molecule has 136 valence electrons. The third-order valence-corrected chi connectivity index (χ3v) is 4.92. The molecule has 5 aliphatic rings. The van der Waals surface area contributed by atoms with Crippen molar-refractivity contribution in [1.29, 1.82) is 0 Å². The number of unbranched alkanes of at least 4 members (excludes halogenated alkanes) is 1. The summed E-state index contributed by atoms with van der Waals surface area (Å²) >= 11 is 0. The molecule has 28 heavy (non-hydrogen) atoms. The Labute approximate surface area is 164 Å². The number of nitrogens with zero attached hydrogens (tertiary/aromatic N) is 4. The van der Waals surface area contributed by atoms with E-state index in [4.69, 9.17) is 9.98 Å². The second kappa shape index (κ2) is 6.97. The van der Waals surface area contributed by atoms with Crippen LogP contribution in [0.2, 0.25) is 0 Å². The van der Waals surface area contributed by atoms with Gasteiger partial charge in [0.25, 0.3) is 0 Å². The van der Waals surface area contributed by atoms with Crippen molar-refractivity contribution < 1.29 is 0 Å². The van der Waals surface area contributed by atoms with Gasteiger partial charge in [-0.05, 0) is 85.3 Å². The quantitative estimate of drug-likeness (QED) is 0.666. The standard InChI is InChI=1S/C24H20N4/c1-2-3-4-16-11-23-14-21-8-7-19(26-21)12-17-5-6-18(25-17)13-20-9-10-22(27-20)15-24(16)28-23/h5-15H,2-4H2,1H3. The van der Waals surface area contributed by atoms with E-state index in [9.17, 15) is 0 Å². The lowest BCUT2D eigenvalue weighted by Gasteiger charge is -2.02. The molecule has 0 saturated carbocycles. The number of aliphatic imine (C=N–C) groups is 4. The lowest BCUT2D eigenvalue weighted by Crippen LogP contribution is -1.90. The molecule has 5 aliphatic heterocycles. The van der Waals surface area contributed by atoms with Crippen LogP contribution in [0.15, 0.2) is 115 Å². The van der Waals surface area contributed by atoms with Crippen LogP contribution in [-0.4, -0.2) is 22.8 Å². The first-order valence-corrected chi connectivity index (χ1v) is 9.72. The average molecular weight is 364 g/mol. The number of fused-ring (bicyclic) bond motifs is 4. The zero-order valence-electron chi connectivity index (χ0n) is 15.8. The van der Waals surface area contributed by atoms with Gasteiger partial charge in [-0.25, -0.2) is 20.0 Å². The van der Waals surface area contributed by atoms with Gasteiger partial charge in [-0.15, -0.1) is 0 Å². The van der Waals surface area contributed by atoms with Crippen LogP contribution in [0, 0.1) is 0 Å². The number of hydrogen-bond acceptors (Lipinski definition) is 4. The van der Waals surface area contributed by atoms with Crippen LogP contribution < -0.4 is 0 Å². The highest BCUT2D eigenvalue weighted by Gasteiger charge is 2.16. The summed E-state index contributed by atoms with van der Waals surface area (Å²) in [5.74, 6) is 0. The number of hydrogen-bond donors (Lipinski definition) is 0. The van der Waals surface area contributed by atoms with Gasteiger partial charge in [0.05, 0.1) is 45.6 Å². The maximum atomic E-state index is 4.85. The summed E-state index contributed by atoms with van der Waals surface area (Å²) in [4.78, 5) is 18.9. The minimum atomic E-state index is 0.900. The van der Waals surface area contributed by atoms with E-state index in [0.717, 1.165) is 64.9 Å². The van der Waals surface area contributed by atoms with Crippen molar-refractivity contribution in [3.8, 4) is 0 Å². The molecule has 0 unspecified atom stereocenters. The van der Waals surface area contributed by atoms with Gasteiger partial charge in [-0.1, -0.05) is 13.3 Å². The van der Waals surface area contributed by atoms with Crippen LogP contribution >= 0.6 is 0 Å². The second-order valence-electron chi connectivity index (χ2n) is 7.16. The Morgan fingerprint density at radius 2 is 1.11 bits per heavy atom. The summed E-state index contributed by atoms with van der Waals surface area (Å²) in [5, 5.41) is 0. The fourth-order valence-corrected chi connectivity index (χ4v) is 3.52. The zero-order chi connectivity index (χ0) is 18.9. The molecule has 4 nitrogen and oxygen atoms in total. The summed E-state index contributed by atoms with van der Waals surface area (Å²) in [5.41, 5.74) is 8.67. The summed E-state index contributed by atoms with van der Waals surface area (Å²) in [6, 6.07) is 0. The molecule has 4 heteroatoms. The summed E-state index contributed by atoms with van der Waals surface area (Å²) < 4.78 is 0. The van der Waals surface area contributed by atoms with Gasteiger partial charge in [0.15, 0.2) is 0 Å². The van der Waals surface area contributed by atoms with Crippen LogP contribution in [0.3, 0.4) is 0 Å². The Kier molecular flexibility index (Phi) is 4.17. The van der Waals surface area contributed by atoms with Crippen LogP contribution in [0.25, 0.3) is 0 Å². The molecule has 0 aliphatic carbocycles. The van der Waals surface area contributed by atoms with Crippen LogP contribution in [-0.2, 0) is 0 Å². The van der Waals surface area contributed by atoms with Gasteiger partial charge in [-0.2, -0.15) is 0 Å². The highest BCUT2D eigenvalue weighted by molar-refractivity contribution is 6.15. The van der Waals surface area contributed by atoms with Crippen molar-refractivity contribution in [3.63, 3.8) is 0 Å². The molecule has 0 amide bonds. The normalized spacial score (nSPS) is 21.5. The maximum Gasteiger partial charge on any atom is 0.0691 e. The van der Waals surface area contributed by atoms with Gasteiger partial charge in [0.2, 0.25) is 0 Å². The highest BCUT2D eigenvalue weighted by Crippen LogP contribution is 2.27. The molecule has 0 fully saturated rings. The molecule has 0 saturated heterocycles. The van der Waals surface area contributed by atoms with E-state index in [1.54, 1.807) is 0 Å². The molecule has 0 spiro atoms. The van der Waals surface area contributed by atoms with E-state index in [-0.39, 0.29) is 0 Å². The molecule has 0 N–H and O–H groups in total. The third-order valence-electron chi connectivity index (χ3n) is 4.92. The van der Waals surface area contributed by atoms with Crippen molar-refractivity contribution in [2.75, 3.05) is 0 Å². The molecular formula is C24H20N4. The van der Waals surface area contributed by atoms with E-state index in [0.29, 0.717) is 0 Å². The van der Waals surface area contributed by atoms with Gasteiger partial charge >= 0.3 is 0 Å². The first-order valence-electron chi connectivity index (χ1n) is 9.72. The Morgan fingerprint density at radius 3 is 1.68 bits per heavy atom. The Bertz CT molecular complexity index is 1120. The SMILES string of the molecule is CCCCC1=CC2=NC1=CC1=NC(=CC3=NC(=CC4=NC(=C2)C=C4)C=C3)C=C1. The van der Waals surface area contributed by atoms with Crippen molar-refractivity contribution in [3.05, 3.63) is 95.2 Å². The summed E-state index contributed by atoms with van der Waals surface area (Å²) in [7, 11) is 0. The van der Waals surface area contributed by atoms with Crippen molar-refractivity contribution in [2.45, 2.75) is 26.2 Å². The molecule has 0 radical (unpaired) electrons. The Balaban J connectivity index is 1.61. The average Bonchev–Trinajstić information content (AvgIpc) is 3.45. The molecule has 0 aromatic heterocycles. The van der Waals surface area contributed by atoms with E-state index < -0.39 is 0 Å². The van der Waals surface area contributed by atoms with E-state index in [1.807, 2.05) is 54.7 Å². The Hall–Kier alpha value is -3.40. The van der Waals surface area contributed by atoms with Gasteiger partial charge < -0.3 is 0 Å². The lowest BCUT2D eigenvalue weighted by atomic mass is 10.0. The molecule has 8 bridgehead atoms. The third kappa shape index (κ3) is 3.41. The Morgan fingerprint density at radius 1 is 0.571 bits per heavy atom. The topological polar surface area (TPSA) is 49.4 Å². The predicted molar refractivity (Wildman–Crippen MR) is 117 cm³/mol. The van der Waals surface area contributed by atoms with Crippen LogP contribution in [0.4, 0.5) is 0 Å². The monoisotopic (exact) mass is 364 g/mol. The van der Waals surface area contributed by atoms with Crippen LogP contribution in [0.1, 0.15) is 26.2 Å². The number of rotatable bonds is 3. The maximum absolute atomic E-state index is 4.85. The minimum Gasteiger partial charge on any atom is -0.249 e. The molecule has 0 aromatic rings. The fraction of sp³-hybridized carbons (Fsp3) is 0.167. The zero-order valence-corrected chi connectivity index (χ0v) is 15.8. The van der Waals surface area contributed by atoms with Gasteiger partial charge in [-0.3, -0.25) is 0 Å². The molecule has 0 atom stereocenters. The van der Waals surface area contributed by atoms with Gasteiger partial charge in [0, 0.05) is 0 Å². The second-order valence-corrected chi connectivity index (χ2v) is 7.16. The smallest absolute Gasteiger partial charge is 0.0691 e. The first-order chi connectivity index (χ1) is 13.7. The van der Waals surface area contributed by atoms with Crippen molar-refractivity contribution in [1.82, 2.24) is 0 Å². The molecule has 5 rings (SSSR count). The summed E-state index contributed by atoms with van der Waals surface area (Å²) in [6.45, 7) is 2.21. The molecule has 0 aromatic carbocycles. The van der Waals surface area contributed by atoms with E-state index >= 15 is 0 Å². The minimum absolute atomic E-state index is 0.900. The summed E-state index contributed by atoms with van der Waals surface area (Å²) in [6.07, 6.45) is 25.7. The van der Waals surface area contributed by atoms with E-state index in [1.165, 1.54) is 5.57 Å². The van der Waals surface area contributed by atoms with E-state index in [2.05, 4.69) is 29.1 Å². The lowest BCUT2D eigenvalue weighted by molar-refractivity contribution is 0.793. The van der Waals surface area contributed by atoms with Crippen molar-refractivity contribution in [2.24, 2.45) is 20.0 Å². The van der Waals surface area contributed by atoms with Crippen molar-refractivity contribution >= 4 is 22.8 Å². The van der Waals surface area contributed by atoms with Gasteiger partial charge in [0.1, 0.15) is 0 Å².